The van der Waals surface area contributed by atoms with Crippen LogP contribution in [-0.2, 0) is 15.8 Å². The summed E-state index contributed by atoms with van der Waals surface area (Å²) in [6.45, 7) is 1.84. The molecule has 2 fully saturated rings. The molecule has 1 aliphatic heterocycles. The minimum absolute atomic E-state index is 0.00907. The molecule has 4 N–H and O–H groups in total. The molecule has 178 valence electrons. The SMILES string of the molecule is CC(=O)N[C@@H]1C[C@H](N)CC[C@@H]1N1CC[C@H](Nc2nc[n+]([O-])c3ccc(C(F)(F)F)cc23)C1=O. The van der Waals surface area contributed by atoms with Crippen molar-refractivity contribution in [3.8, 4) is 0 Å². The van der Waals surface area contributed by atoms with Crippen molar-refractivity contribution < 1.29 is 27.5 Å². The average Bonchev–Trinajstić information content (AvgIpc) is 3.09. The van der Waals surface area contributed by atoms with E-state index in [9.17, 15) is 28.0 Å². The number of nitrogens with zero attached hydrogens (tertiary/aromatic N) is 3. The third kappa shape index (κ3) is 4.65. The van der Waals surface area contributed by atoms with Gasteiger partial charge >= 0.3 is 6.18 Å². The summed E-state index contributed by atoms with van der Waals surface area (Å²) in [5.74, 6) is -0.397. The quantitative estimate of drug-likeness (QED) is 0.460. The molecule has 1 aromatic heterocycles. The first-order valence-electron chi connectivity index (χ1n) is 10.7. The number of amides is 2. The van der Waals surface area contributed by atoms with Gasteiger partial charge in [0.05, 0.1) is 23.0 Å². The first-order valence-corrected chi connectivity index (χ1v) is 10.7. The number of carbonyl (C=O) groups excluding carboxylic acids is 2. The molecule has 33 heavy (non-hydrogen) atoms. The first kappa shape index (κ1) is 23.0. The Kier molecular flexibility index (Phi) is 6.04. The Morgan fingerprint density at radius 3 is 2.76 bits per heavy atom. The Balaban J connectivity index is 1.57. The van der Waals surface area contributed by atoms with Crippen molar-refractivity contribution >= 4 is 28.5 Å². The molecule has 2 aromatic rings. The predicted octanol–water partition coefficient (Wildman–Crippen LogP) is 1.28. The molecule has 0 bridgehead atoms. The number of fused-ring (bicyclic) bond motifs is 1. The van der Waals surface area contributed by atoms with E-state index in [1.807, 2.05) is 0 Å². The Hall–Kier alpha value is -3.15. The van der Waals surface area contributed by atoms with Gasteiger partial charge in [0.2, 0.25) is 11.8 Å². The second-order valence-corrected chi connectivity index (χ2v) is 8.61. The van der Waals surface area contributed by atoms with Crippen LogP contribution in [0.2, 0.25) is 0 Å². The number of nitrogens with one attached hydrogen (secondary N) is 2. The van der Waals surface area contributed by atoms with Gasteiger partial charge in [-0.25, -0.2) is 4.73 Å². The van der Waals surface area contributed by atoms with Gasteiger partial charge in [-0.2, -0.15) is 13.2 Å². The smallest absolute Gasteiger partial charge is 0.416 e. The van der Waals surface area contributed by atoms with Gasteiger partial charge < -0.3 is 26.5 Å². The van der Waals surface area contributed by atoms with E-state index in [2.05, 4.69) is 15.6 Å². The fourth-order valence-corrected chi connectivity index (χ4v) is 4.76. The molecule has 9 nitrogen and oxygen atoms in total. The Labute approximate surface area is 187 Å². The van der Waals surface area contributed by atoms with E-state index < -0.39 is 17.8 Å². The van der Waals surface area contributed by atoms with Crippen molar-refractivity contribution in [1.82, 2.24) is 15.2 Å². The summed E-state index contributed by atoms with van der Waals surface area (Å²) < 4.78 is 40.0. The molecule has 2 heterocycles. The van der Waals surface area contributed by atoms with E-state index in [-0.39, 0.29) is 46.7 Å². The molecule has 4 atom stereocenters. The standard InChI is InChI=1S/C21H25F3N6O3/c1-11(31)27-16-9-13(25)3-5-18(16)29-7-6-15(20(29)32)28-19-14-8-12(21(22,23)24)2-4-17(14)30(33)10-26-19/h2,4,8,10,13,15-16,18H,3,5-7,9,25H2,1H3,(H,26,28)(H,27,31)/t13-,15+,16-,18+/m1/s1. The molecular weight excluding hydrogens is 441 g/mol. The van der Waals surface area contributed by atoms with Crippen molar-refractivity contribution in [3.63, 3.8) is 0 Å². The van der Waals surface area contributed by atoms with Crippen LogP contribution in [0.25, 0.3) is 10.9 Å². The highest BCUT2D eigenvalue weighted by molar-refractivity contribution is 5.92. The van der Waals surface area contributed by atoms with Gasteiger partial charge in [-0.05, 0) is 48.9 Å². The third-order valence-electron chi connectivity index (χ3n) is 6.30. The number of nitrogens with two attached hydrogens (primary N) is 1. The molecule has 0 spiro atoms. The van der Waals surface area contributed by atoms with Crippen molar-refractivity contribution in [3.05, 3.63) is 35.3 Å². The van der Waals surface area contributed by atoms with E-state index in [0.717, 1.165) is 30.9 Å². The van der Waals surface area contributed by atoms with Crippen LogP contribution in [0, 0.1) is 5.21 Å². The zero-order valence-corrected chi connectivity index (χ0v) is 17.9. The van der Waals surface area contributed by atoms with Gasteiger partial charge in [-0.3, -0.25) is 9.59 Å². The van der Waals surface area contributed by atoms with E-state index in [1.54, 1.807) is 4.90 Å². The summed E-state index contributed by atoms with van der Waals surface area (Å²) in [7, 11) is 0. The predicted molar refractivity (Wildman–Crippen MR) is 113 cm³/mol. The van der Waals surface area contributed by atoms with Crippen LogP contribution in [0.1, 0.15) is 38.2 Å². The fraction of sp³-hybridized carbons (Fsp3) is 0.524. The summed E-state index contributed by atoms with van der Waals surface area (Å²) in [5, 5.41) is 17.8. The number of alkyl halides is 3. The summed E-state index contributed by atoms with van der Waals surface area (Å²) in [5.41, 5.74) is 5.15. The molecule has 1 aliphatic carbocycles. The van der Waals surface area contributed by atoms with E-state index in [0.29, 0.717) is 30.5 Å². The Morgan fingerprint density at radius 2 is 2.06 bits per heavy atom. The van der Waals surface area contributed by atoms with Gasteiger partial charge in [-0.15, -0.1) is 0 Å². The fourth-order valence-electron chi connectivity index (χ4n) is 4.76. The molecule has 4 rings (SSSR count). The number of aromatic nitrogens is 2. The number of carbonyl (C=O) groups is 2. The number of halogens is 3. The number of rotatable bonds is 4. The van der Waals surface area contributed by atoms with Gasteiger partial charge in [0, 0.05) is 19.5 Å². The van der Waals surface area contributed by atoms with Crippen LogP contribution >= 0.6 is 0 Å². The van der Waals surface area contributed by atoms with E-state index >= 15 is 0 Å². The van der Waals surface area contributed by atoms with E-state index in [4.69, 9.17) is 5.73 Å². The molecule has 1 saturated carbocycles. The van der Waals surface area contributed by atoms with Crippen molar-refractivity contribution in [1.29, 1.82) is 0 Å². The zero-order valence-electron chi connectivity index (χ0n) is 17.9. The Bertz CT molecular complexity index is 1080. The number of likely N-dealkylation sites (tertiary alicyclic amines) is 1. The maximum atomic E-state index is 13.2. The highest BCUT2D eigenvalue weighted by Crippen LogP contribution is 2.33. The van der Waals surface area contributed by atoms with Gasteiger partial charge in [-0.1, -0.05) is 0 Å². The lowest BCUT2D eigenvalue weighted by atomic mass is 9.86. The monoisotopic (exact) mass is 466 g/mol. The van der Waals surface area contributed by atoms with Crippen molar-refractivity contribution in [2.45, 2.75) is 63.0 Å². The lowest BCUT2D eigenvalue weighted by Crippen LogP contribution is -2.57. The molecule has 1 aromatic carbocycles. The molecule has 2 aliphatic rings. The molecule has 1 saturated heterocycles. The number of benzene rings is 1. The minimum atomic E-state index is -4.59. The highest BCUT2D eigenvalue weighted by atomic mass is 19.4. The lowest BCUT2D eigenvalue weighted by Gasteiger charge is -2.40. The van der Waals surface area contributed by atoms with E-state index in [1.165, 1.54) is 6.92 Å². The number of anilines is 1. The maximum absolute atomic E-state index is 13.2. The summed E-state index contributed by atoms with van der Waals surface area (Å²) in [6, 6.07) is 1.51. The topological polar surface area (TPSA) is 127 Å². The van der Waals surface area contributed by atoms with Crippen LogP contribution in [0.3, 0.4) is 0 Å². The third-order valence-corrected chi connectivity index (χ3v) is 6.30. The van der Waals surface area contributed by atoms with Crippen molar-refractivity contribution in [2.24, 2.45) is 5.73 Å². The summed E-state index contributed by atoms with van der Waals surface area (Å²) in [4.78, 5) is 30.5. The Morgan fingerprint density at radius 1 is 1.30 bits per heavy atom. The molecule has 2 amide bonds. The van der Waals surface area contributed by atoms with Gasteiger partial charge in [0.25, 0.3) is 12.1 Å². The molecule has 0 unspecified atom stereocenters. The van der Waals surface area contributed by atoms with Crippen LogP contribution in [-0.4, -0.2) is 52.4 Å². The lowest BCUT2D eigenvalue weighted by molar-refractivity contribution is -0.580. The molecule has 12 heteroatoms. The van der Waals surface area contributed by atoms with Crippen LogP contribution in [0.4, 0.5) is 19.0 Å². The summed E-state index contributed by atoms with van der Waals surface area (Å²) >= 11 is 0. The molecular formula is C21H25F3N6O3. The number of hydrogen-bond donors (Lipinski definition) is 3. The molecule has 0 radical (unpaired) electrons. The van der Waals surface area contributed by atoms with Crippen molar-refractivity contribution in [2.75, 3.05) is 11.9 Å². The van der Waals surface area contributed by atoms with Crippen LogP contribution in [0.15, 0.2) is 24.5 Å². The van der Waals surface area contributed by atoms with Crippen LogP contribution in [0.5, 0.6) is 0 Å². The minimum Gasteiger partial charge on any atom is -0.710 e. The van der Waals surface area contributed by atoms with Gasteiger partial charge in [0.1, 0.15) is 11.6 Å². The normalized spacial score (nSPS) is 26.0. The zero-order chi connectivity index (χ0) is 23.9. The average molecular weight is 466 g/mol. The summed E-state index contributed by atoms with van der Waals surface area (Å²) in [6.07, 6.45) is -1.32. The first-order chi connectivity index (χ1) is 15.5. The van der Waals surface area contributed by atoms with Crippen LogP contribution < -0.4 is 21.1 Å². The largest absolute Gasteiger partial charge is 0.710 e. The second-order valence-electron chi connectivity index (χ2n) is 8.61. The van der Waals surface area contributed by atoms with Gasteiger partial charge in [0.15, 0.2) is 0 Å². The number of hydrogen-bond acceptors (Lipinski definition) is 6. The highest BCUT2D eigenvalue weighted by Gasteiger charge is 2.42. The maximum Gasteiger partial charge on any atom is 0.416 e. The second kappa shape index (κ2) is 8.65.